The van der Waals surface area contributed by atoms with Gasteiger partial charge in [-0.25, -0.2) is 0 Å². The molecule has 0 heterocycles. The highest BCUT2D eigenvalue weighted by molar-refractivity contribution is 6.30. The molecule has 1 atom stereocenters. The Morgan fingerprint density at radius 2 is 1.91 bits per heavy atom. The minimum Gasteiger partial charge on any atom is -0.352 e. The Morgan fingerprint density at radius 3 is 2.18 bits per heavy atom. The number of carbonyl (C=O) groups is 1. The van der Waals surface area contributed by atoms with Crippen molar-refractivity contribution in [2.75, 3.05) is 0 Å². The van der Waals surface area contributed by atoms with Gasteiger partial charge in [0.05, 0.1) is 0 Å². The van der Waals surface area contributed by atoms with E-state index in [4.69, 9.17) is 11.6 Å². The van der Waals surface area contributed by atoms with Gasteiger partial charge in [0.25, 0.3) is 0 Å². The second-order valence-electron chi connectivity index (χ2n) is 2.64. The summed E-state index contributed by atoms with van der Waals surface area (Å²) in [5.41, 5.74) is 0. The lowest BCUT2D eigenvalue weighted by Crippen LogP contribution is -2.37. The fourth-order valence-corrected chi connectivity index (χ4v) is 0.872. The summed E-state index contributed by atoms with van der Waals surface area (Å²) in [5.74, 6) is -0.0691. The first-order valence-electron chi connectivity index (χ1n) is 4.06. The molecule has 66 valence electrons. The number of amides is 1. The summed E-state index contributed by atoms with van der Waals surface area (Å²) in [6.45, 7) is 5.78. The molecule has 1 unspecified atom stereocenters. The van der Waals surface area contributed by atoms with Crippen molar-refractivity contribution in [2.45, 2.75) is 45.0 Å². The van der Waals surface area contributed by atoms with Crippen molar-refractivity contribution in [3.63, 3.8) is 0 Å². The van der Waals surface area contributed by atoms with Crippen LogP contribution in [-0.4, -0.2) is 17.3 Å². The van der Waals surface area contributed by atoms with E-state index in [0.29, 0.717) is 0 Å². The Hall–Kier alpha value is -0.240. The first kappa shape index (κ1) is 10.8. The molecule has 0 aromatic carbocycles. The lowest BCUT2D eigenvalue weighted by Gasteiger charge is -2.15. The maximum atomic E-state index is 11.0. The zero-order valence-electron chi connectivity index (χ0n) is 7.36. The predicted molar refractivity (Wildman–Crippen MR) is 47.8 cm³/mol. The minimum absolute atomic E-state index is 0.0691. The van der Waals surface area contributed by atoms with Gasteiger partial charge in [-0.1, -0.05) is 13.8 Å². The molecule has 0 saturated carbocycles. The molecular formula is C8H16ClNO. The number of rotatable bonds is 4. The van der Waals surface area contributed by atoms with E-state index in [9.17, 15) is 4.79 Å². The van der Waals surface area contributed by atoms with Crippen LogP contribution in [0, 0.1) is 0 Å². The van der Waals surface area contributed by atoms with Crippen molar-refractivity contribution in [1.82, 2.24) is 5.32 Å². The normalized spacial score (nSPS) is 13.2. The molecule has 1 N–H and O–H groups in total. The monoisotopic (exact) mass is 177 g/mol. The molecule has 0 bridgehead atoms. The number of hydrogen-bond acceptors (Lipinski definition) is 1. The lowest BCUT2D eigenvalue weighted by molar-refractivity contribution is -0.121. The third-order valence-corrected chi connectivity index (χ3v) is 1.89. The van der Waals surface area contributed by atoms with E-state index in [1.807, 2.05) is 13.8 Å². The standard InChI is InChI=1S/C8H16ClNO/c1-4-7(5-2)10-8(11)6(3)9/h6-7H,4-5H2,1-3H3,(H,10,11). The predicted octanol–water partition coefficient (Wildman–Crippen LogP) is 1.92. The number of carbonyl (C=O) groups excluding carboxylic acids is 1. The van der Waals surface area contributed by atoms with Crippen LogP contribution in [0.3, 0.4) is 0 Å². The van der Waals surface area contributed by atoms with Gasteiger partial charge in [0.1, 0.15) is 5.38 Å². The molecule has 0 aromatic rings. The highest BCUT2D eigenvalue weighted by Crippen LogP contribution is 1.99. The molecular weight excluding hydrogens is 162 g/mol. The summed E-state index contributed by atoms with van der Waals surface area (Å²) < 4.78 is 0. The van der Waals surface area contributed by atoms with Crippen LogP contribution in [-0.2, 0) is 4.79 Å². The fraction of sp³-hybridized carbons (Fsp3) is 0.875. The summed E-state index contributed by atoms with van der Waals surface area (Å²) in [7, 11) is 0. The van der Waals surface area contributed by atoms with E-state index in [1.165, 1.54) is 0 Å². The van der Waals surface area contributed by atoms with Crippen LogP contribution in [0.25, 0.3) is 0 Å². The van der Waals surface area contributed by atoms with Crippen molar-refractivity contribution in [2.24, 2.45) is 0 Å². The zero-order valence-corrected chi connectivity index (χ0v) is 8.11. The molecule has 3 heteroatoms. The number of nitrogens with one attached hydrogen (secondary N) is 1. The maximum absolute atomic E-state index is 11.0. The molecule has 0 radical (unpaired) electrons. The van der Waals surface area contributed by atoms with Gasteiger partial charge < -0.3 is 5.32 Å². The molecule has 0 fully saturated rings. The van der Waals surface area contributed by atoms with E-state index >= 15 is 0 Å². The summed E-state index contributed by atoms with van der Waals surface area (Å²) in [4.78, 5) is 11.0. The van der Waals surface area contributed by atoms with E-state index in [2.05, 4.69) is 5.32 Å². The van der Waals surface area contributed by atoms with Crippen LogP contribution < -0.4 is 5.32 Å². The number of hydrogen-bond donors (Lipinski definition) is 1. The number of halogens is 1. The number of alkyl halides is 1. The summed E-state index contributed by atoms with van der Waals surface area (Å²) >= 11 is 5.57. The Morgan fingerprint density at radius 1 is 1.45 bits per heavy atom. The lowest BCUT2D eigenvalue weighted by atomic mass is 10.2. The zero-order chi connectivity index (χ0) is 8.85. The highest BCUT2D eigenvalue weighted by Gasteiger charge is 2.12. The van der Waals surface area contributed by atoms with Crippen LogP contribution in [0.15, 0.2) is 0 Å². The molecule has 0 aliphatic rings. The second kappa shape index (κ2) is 5.42. The van der Waals surface area contributed by atoms with Gasteiger partial charge in [-0.05, 0) is 19.8 Å². The average Bonchev–Trinajstić information content (AvgIpc) is 1.99. The second-order valence-corrected chi connectivity index (χ2v) is 3.29. The molecule has 11 heavy (non-hydrogen) atoms. The molecule has 0 aliphatic carbocycles. The third kappa shape index (κ3) is 4.25. The quantitative estimate of drug-likeness (QED) is 0.654. The molecule has 1 amide bonds. The van der Waals surface area contributed by atoms with Crippen molar-refractivity contribution in [3.05, 3.63) is 0 Å². The SMILES string of the molecule is CCC(CC)NC(=O)C(C)Cl. The van der Waals surface area contributed by atoms with Crippen molar-refractivity contribution < 1.29 is 4.79 Å². The highest BCUT2D eigenvalue weighted by atomic mass is 35.5. The van der Waals surface area contributed by atoms with Gasteiger partial charge in [-0.2, -0.15) is 0 Å². The minimum atomic E-state index is -0.421. The molecule has 2 nitrogen and oxygen atoms in total. The van der Waals surface area contributed by atoms with Gasteiger partial charge in [-0.3, -0.25) is 4.79 Å². The molecule has 0 saturated heterocycles. The van der Waals surface area contributed by atoms with E-state index in [-0.39, 0.29) is 11.9 Å². The summed E-state index contributed by atoms with van der Waals surface area (Å²) in [6, 6.07) is 0.281. The Balaban J connectivity index is 3.72. The molecule has 0 rings (SSSR count). The Labute approximate surface area is 73.3 Å². The van der Waals surface area contributed by atoms with Crippen LogP contribution >= 0.6 is 11.6 Å². The van der Waals surface area contributed by atoms with E-state index in [0.717, 1.165) is 12.8 Å². The van der Waals surface area contributed by atoms with Crippen LogP contribution in [0.1, 0.15) is 33.6 Å². The fourth-order valence-electron chi connectivity index (χ4n) is 0.809. The van der Waals surface area contributed by atoms with Crippen molar-refractivity contribution in [1.29, 1.82) is 0 Å². The topological polar surface area (TPSA) is 29.1 Å². The molecule has 0 aliphatic heterocycles. The smallest absolute Gasteiger partial charge is 0.237 e. The van der Waals surface area contributed by atoms with Crippen molar-refractivity contribution in [3.8, 4) is 0 Å². The maximum Gasteiger partial charge on any atom is 0.237 e. The van der Waals surface area contributed by atoms with Gasteiger partial charge >= 0.3 is 0 Å². The van der Waals surface area contributed by atoms with Crippen molar-refractivity contribution >= 4 is 17.5 Å². The average molecular weight is 178 g/mol. The van der Waals surface area contributed by atoms with Gasteiger partial charge in [0.2, 0.25) is 5.91 Å². The van der Waals surface area contributed by atoms with E-state index < -0.39 is 5.38 Å². The van der Waals surface area contributed by atoms with Crippen LogP contribution in [0.2, 0.25) is 0 Å². The Kier molecular flexibility index (Phi) is 5.30. The molecule has 0 spiro atoms. The Bertz CT molecular complexity index is 121. The van der Waals surface area contributed by atoms with Crippen LogP contribution in [0.4, 0.5) is 0 Å². The molecule has 0 aromatic heterocycles. The van der Waals surface area contributed by atoms with Gasteiger partial charge in [0, 0.05) is 6.04 Å². The van der Waals surface area contributed by atoms with Crippen LogP contribution in [0.5, 0.6) is 0 Å². The first-order valence-corrected chi connectivity index (χ1v) is 4.49. The largest absolute Gasteiger partial charge is 0.352 e. The summed E-state index contributed by atoms with van der Waals surface area (Å²) in [6.07, 6.45) is 1.93. The third-order valence-electron chi connectivity index (χ3n) is 1.69. The van der Waals surface area contributed by atoms with E-state index in [1.54, 1.807) is 6.92 Å². The van der Waals surface area contributed by atoms with Gasteiger partial charge in [0.15, 0.2) is 0 Å². The first-order chi connectivity index (χ1) is 5.11. The van der Waals surface area contributed by atoms with Gasteiger partial charge in [-0.15, -0.1) is 11.6 Å². The summed E-state index contributed by atoms with van der Waals surface area (Å²) in [5, 5.41) is 2.42.